The number of anilines is 1. The van der Waals surface area contributed by atoms with Crippen molar-refractivity contribution in [1.82, 2.24) is 14.8 Å². The molecule has 0 unspecified atom stereocenters. The Labute approximate surface area is 122 Å². The van der Waals surface area contributed by atoms with Crippen LogP contribution in [0.15, 0.2) is 30.6 Å². The highest BCUT2D eigenvalue weighted by Crippen LogP contribution is 2.47. The maximum Gasteiger partial charge on any atom is 0.307 e. The first-order valence-corrected chi connectivity index (χ1v) is 7.12. The average Bonchev–Trinajstić information content (AvgIpc) is 3.17. The summed E-state index contributed by atoms with van der Waals surface area (Å²) in [6, 6.07) is 7.97. The smallest absolute Gasteiger partial charge is 0.307 e. The summed E-state index contributed by atoms with van der Waals surface area (Å²) in [5, 5.41) is 16.4. The van der Waals surface area contributed by atoms with Gasteiger partial charge >= 0.3 is 5.97 Å². The molecule has 0 amide bonds. The normalized spacial score (nSPS) is 20.2. The first-order valence-electron chi connectivity index (χ1n) is 7.12. The lowest BCUT2D eigenvalue weighted by atomic mass is 10.1. The van der Waals surface area contributed by atoms with Gasteiger partial charge in [0, 0.05) is 12.2 Å². The van der Waals surface area contributed by atoms with Crippen LogP contribution in [0.4, 0.5) is 5.69 Å². The van der Waals surface area contributed by atoms with E-state index in [1.807, 2.05) is 35.9 Å². The number of carboxylic acids is 1. The van der Waals surface area contributed by atoms with Crippen molar-refractivity contribution >= 4 is 11.7 Å². The molecule has 0 radical (unpaired) electrons. The fraction of sp³-hybridized carbons (Fsp3) is 0.400. The lowest BCUT2D eigenvalue weighted by Crippen LogP contribution is -2.09. The zero-order chi connectivity index (χ0) is 14.8. The van der Waals surface area contributed by atoms with Crippen LogP contribution < -0.4 is 5.32 Å². The van der Waals surface area contributed by atoms with Crippen molar-refractivity contribution in [2.24, 2.45) is 5.92 Å². The van der Waals surface area contributed by atoms with E-state index in [9.17, 15) is 4.79 Å². The van der Waals surface area contributed by atoms with E-state index in [2.05, 4.69) is 15.4 Å². The van der Waals surface area contributed by atoms with Gasteiger partial charge in [0.2, 0.25) is 0 Å². The summed E-state index contributed by atoms with van der Waals surface area (Å²) in [7, 11) is 0. The molecule has 110 valence electrons. The van der Waals surface area contributed by atoms with Gasteiger partial charge in [-0.15, -0.1) is 0 Å². The van der Waals surface area contributed by atoms with Crippen molar-refractivity contribution < 1.29 is 9.90 Å². The SMILES string of the molecule is CCn1ncnc1CNc1ccc([C@@H]2C[C@H]2C(=O)O)cc1. The van der Waals surface area contributed by atoms with E-state index in [1.165, 1.54) is 0 Å². The highest BCUT2D eigenvalue weighted by atomic mass is 16.4. The second kappa shape index (κ2) is 5.55. The Bertz CT molecular complexity index is 635. The van der Waals surface area contributed by atoms with E-state index in [1.54, 1.807) is 6.33 Å². The van der Waals surface area contributed by atoms with Crippen molar-refractivity contribution in [2.75, 3.05) is 5.32 Å². The van der Waals surface area contributed by atoms with Crippen LogP contribution in [0, 0.1) is 5.92 Å². The largest absolute Gasteiger partial charge is 0.481 e. The van der Waals surface area contributed by atoms with Crippen LogP contribution in [0.3, 0.4) is 0 Å². The number of carbonyl (C=O) groups is 1. The molecule has 0 spiro atoms. The Morgan fingerprint density at radius 3 is 2.81 bits per heavy atom. The highest BCUT2D eigenvalue weighted by Gasteiger charge is 2.43. The summed E-state index contributed by atoms with van der Waals surface area (Å²) in [5.74, 6) is 0.183. The van der Waals surface area contributed by atoms with Gasteiger partial charge in [0.25, 0.3) is 0 Å². The summed E-state index contributed by atoms with van der Waals surface area (Å²) in [6.45, 7) is 3.45. The number of hydrogen-bond acceptors (Lipinski definition) is 4. The van der Waals surface area contributed by atoms with Gasteiger partial charge in [-0.3, -0.25) is 4.79 Å². The number of rotatable bonds is 6. The van der Waals surface area contributed by atoms with Gasteiger partial charge in [-0.25, -0.2) is 9.67 Å². The number of nitrogens with zero attached hydrogens (tertiary/aromatic N) is 3. The standard InChI is InChI=1S/C15H18N4O2/c1-2-19-14(17-9-18-19)8-16-11-5-3-10(4-6-11)12-7-13(12)15(20)21/h3-6,9,12-13,16H,2,7-8H2,1H3,(H,20,21)/t12-,13+/m0/s1. The molecule has 6 heteroatoms. The molecule has 1 aromatic carbocycles. The topological polar surface area (TPSA) is 80.0 Å². The molecule has 1 fully saturated rings. The maximum atomic E-state index is 10.9. The summed E-state index contributed by atoms with van der Waals surface area (Å²) in [4.78, 5) is 15.1. The van der Waals surface area contributed by atoms with Crippen LogP contribution in [-0.4, -0.2) is 25.8 Å². The second-order valence-electron chi connectivity index (χ2n) is 5.25. The van der Waals surface area contributed by atoms with Gasteiger partial charge in [-0.1, -0.05) is 12.1 Å². The predicted molar refractivity (Wildman–Crippen MR) is 77.9 cm³/mol. The van der Waals surface area contributed by atoms with Crippen molar-refractivity contribution in [3.8, 4) is 0 Å². The second-order valence-corrected chi connectivity index (χ2v) is 5.25. The lowest BCUT2D eigenvalue weighted by Gasteiger charge is -2.08. The van der Waals surface area contributed by atoms with E-state index in [0.717, 1.165) is 30.0 Å². The van der Waals surface area contributed by atoms with Crippen LogP contribution in [-0.2, 0) is 17.9 Å². The molecule has 1 saturated carbocycles. The van der Waals surface area contributed by atoms with E-state index < -0.39 is 5.97 Å². The maximum absolute atomic E-state index is 10.9. The van der Waals surface area contributed by atoms with Gasteiger partial charge in [-0.05, 0) is 37.0 Å². The molecule has 1 aliphatic carbocycles. The number of carboxylic acid groups (broad SMARTS) is 1. The minimum atomic E-state index is -0.693. The van der Waals surface area contributed by atoms with E-state index in [4.69, 9.17) is 5.11 Å². The van der Waals surface area contributed by atoms with Gasteiger partial charge in [0.05, 0.1) is 12.5 Å². The van der Waals surface area contributed by atoms with E-state index in [-0.39, 0.29) is 11.8 Å². The Morgan fingerprint density at radius 2 is 2.19 bits per heavy atom. The van der Waals surface area contributed by atoms with Crippen LogP contribution in [0.5, 0.6) is 0 Å². The molecule has 1 aromatic heterocycles. The zero-order valence-electron chi connectivity index (χ0n) is 11.9. The molecule has 6 nitrogen and oxygen atoms in total. The molecule has 1 heterocycles. The highest BCUT2D eigenvalue weighted by molar-refractivity contribution is 5.75. The fourth-order valence-electron chi connectivity index (χ4n) is 2.55. The molecule has 21 heavy (non-hydrogen) atoms. The first-order chi connectivity index (χ1) is 10.2. The third-order valence-corrected chi connectivity index (χ3v) is 3.89. The monoisotopic (exact) mass is 286 g/mol. The molecule has 3 rings (SSSR count). The summed E-state index contributed by atoms with van der Waals surface area (Å²) >= 11 is 0. The fourth-order valence-corrected chi connectivity index (χ4v) is 2.55. The molecule has 1 aliphatic rings. The number of aryl methyl sites for hydroxylation is 1. The Kier molecular flexibility index (Phi) is 3.60. The number of hydrogen-bond donors (Lipinski definition) is 2. The van der Waals surface area contributed by atoms with Gasteiger partial charge in [0.15, 0.2) is 0 Å². The third kappa shape index (κ3) is 2.89. The van der Waals surface area contributed by atoms with Crippen molar-refractivity contribution in [1.29, 1.82) is 0 Å². The Balaban J connectivity index is 1.59. The van der Waals surface area contributed by atoms with E-state index >= 15 is 0 Å². The van der Waals surface area contributed by atoms with Crippen LogP contribution in [0.1, 0.15) is 30.7 Å². The Hall–Kier alpha value is -2.37. The minimum absolute atomic E-state index is 0.180. The molecule has 2 aromatic rings. The quantitative estimate of drug-likeness (QED) is 0.850. The first kappa shape index (κ1) is 13.6. The predicted octanol–water partition coefficient (Wildman–Crippen LogP) is 2.10. The van der Waals surface area contributed by atoms with Crippen molar-refractivity contribution in [3.63, 3.8) is 0 Å². The number of benzene rings is 1. The minimum Gasteiger partial charge on any atom is -0.481 e. The zero-order valence-corrected chi connectivity index (χ0v) is 11.9. The summed E-state index contributed by atoms with van der Waals surface area (Å²) < 4.78 is 1.85. The molecular formula is C15H18N4O2. The number of aromatic nitrogens is 3. The van der Waals surface area contributed by atoms with Crippen molar-refractivity contribution in [3.05, 3.63) is 42.0 Å². The van der Waals surface area contributed by atoms with Gasteiger partial charge in [0.1, 0.15) is 12.2 Å². The number of aliphatic carboxylic acids is 1. The van der Waals surface area contributed by atoms with Crippen molar-refractivity contribution in [2.45, 2.75) is 32.4 Å². The molecule has 2 N–H and O–H groups in total. The van der Waals surface area contributed by atoms with Crippen LogP contribution in [0.2, 0.25) is 0 Å². The number of nitrogens with one attached hydrogen (secondary N) is 1. The molecule has 0 aliphatic heterocycles. The Morgan fingerprint density at radius 1 is 1.43 bits per heavy atom. The summed E-state index contributed by atoms with van der Waals surface area (Å²) in [6.07, 6.45) is 2.31. The average molecular weight is 286 g/mol. The molecule has 0 saturated heterocycles. The lowest BCUT2D eigenvalue weighted by molar-refractivity contribution is -0.138. The molecular weight excluding hydrogens is 268 g/mol. The van der Waals surface area contributed by atoms with Gasteiger partial charge in [-0.2, -0.15) is 5.10 Å². The van der Waals surface area contributed by atoms with Gasteiger partial charge < -0.3 is 10.4 Å². The molecule has 2 atom stereocenters. The van der Waals surface area contributed by atoms with Crippen LogP contribution in [0.25, 0.3) is 0 Å². The third-order valence-electron chi connectivity index (χ3n) is 3.89. The van der Waals surface area contributed by atoms with E-state index in [0.29, 0.717) is 6.54 Å². The molecule has 0 bridgehead atoms. The van der Waals surface area contributed by atoms with Crippen LogP contribution >= 0.6 is 0 Å². The summed E-state index contributed by atoms with van der Waals surface area (Å²) in [5.41, 5.74) is 2.10.